The van der Waals surface area contributed by atoms with Crippen LogP contribution in [-0.4, -0.2) is 25.2 Å². The number of hydrazone groups is 1. The van der Waals surface area contributed by atoms with Gasteiger partial charge in [0.2, 0.25) is 0 Å². The van der Waals surface area contributed by atoms with Crippen molar-refractivity contribution in [3.05, 3.63) is 58.1 Å². The van der Waals surface area contributed by atoms with Gasteiger partial charge in [-0.25, -0.2) is 5.43 Å². The number of nitrogens with one attached hydrogen (secondary N) is 1. The highest BCUT2D eigenvalue weighted by Crippen LogP contribution is 2.25. The summed E-state index contributed by atoms with van der Waals surface area (Å²) in [5, 5.41) is 3.96. The summed E-state index contributed by atoms with van der Waals surface area (Å²) in [4.78, 5) is 24.3. The first kappa shape index (κ1) is 20.6. The molecule has 0 aliphatic carbocycles. The Bertz CT molecular complexity index is 855. The van der Waals surface area contributed by atoms with Crippen LogP contribution in [0.5, 0.6) is 11.5 Å². The molecule has 0 radical (unpaired) electrons. The van der Waals surface area contributed by atoms with Gasteiger partial charge in [-0.15, -0.1) is 0 Å². The zero-order valence-corrected chi connectivity index (χ0v) is 17.2. The maximum absolute atomic E-state index is 12.1. The highest BCUT2D eigenvalue weighted by atomic mass is 79.9. The van der Waals surface area contributed by atoms with Gasteiger partial charge in [0.25, 0.3) is 5.91 Å². The lowest BCUT2D eigenvalue weighted by Gasteiger charge is -2.17. The molecule has 0 spiro atoms. The highest BCUT2D eigenvalue weighted by molar-refractivity contribution is 9.10. The third-order valence-electron chi connectivity index (χ3n) is 3.51. The molecule has 2 rings (SSSR count). The van der Waals surface area contributed by atoms with Crippen molar-refractivity contribution >= 4 is 34.0 Å². The fourth-order valence-electron chi connectivity index (χ4n) is 1.93. The third-order valence-corrected chi connectivity index (χ3v) is 4.00. The normalized spacial score (nSPS) is 11.3. The number of nitrogens with zero attached hydrogens (tertiary/aromatic N) is 1. The molecule has 2 aromatic carbocycles. The first-order valence-corrected chi connectivity index (χ1v) is 8.99. The minimum Gasteiger partial charge on any atom is -0.497 e. The van der Waals surface area contributed by atoms with Gasteiger partial charge in [-0.2, -0.15) is 5.10 Å². The van der Waals surface area contributed by atoms with E-state index in [1.807, 2.05) is 0 Å². The number of rotatable bonds is 5. The van der Waals surface area contributed by atoms with Crippen molar-refractivity contribution < 1.29 is 19.1 Å². The predicted octanol–water partition coefficient (Wildman–Crippen LogP) is 4.17. The van der Waals surface area contributed by atoms with Crippen molar-refractivity contribution in [3.8, 4) is 11.5 Å². The van der Waals surface area contributed by atoms with Gasteiger partial charge >= 0.3 is 5.97 Å². The minimum absolute atomic E-state index is 0.359. The van der Waals surface area contributed by atoms with Crippen LogP contribution in [-0.2, 0) is 4.79 Å². The molecule has 6 nitrogen and oxygen atoms in total. The molecule has 0 bridgehead atoms. The second kappa shape index (κ2) is 8.81. The van der Waals surface area contributed by atoms with E-state index in [-0.39, 0.29) is 11.9 Å². The van der Waals surface area contributed by atoms with Gasteiger partial charge in [0.1, 0.15) is 11.5 Å². The van der Waals surface area contributed by atoms with Crippen LogP contribution in [0.25, 0.3) is 0 Å². The zero-order chi connectivity index (χ0) is 20.0. The van der Waals surface area contributed by atoms with Crippen molar-refractivity contribution in [2.24, 2.45) is 10.5 Å². The average molecular weight is 433 g/mol. The van der Waals surface area contributed by atoms with Crippen LogP contribution in [0.1, 0.15) is 36.7 Å². The number of amides is 1. The highest BCUT2D eigenvalue weighted by Gasteiger charge is 2.24. The lowest BCUT2D eigenvalue weighted by molar-refractivity contribution is -0.143. The predicted molar refractivity (Wildman–Crippen MR) is 107 cm³/mol. The number of carbonyl (C=O) groups is 2. The van der Waals surface area contributed by atoms with E-state index in [0.29, 0.717) is 22.6 Å². The molecule has 2 aromatic rings. The first-order valence-electron chi connectivity index (χ1n) is 8.20. The molecule has 0 saturated carbocycles. The Hall–Kier alpha value is -2.67. The van der Waals surface area contributed by atoms with E-state index in [1.165, 1.54) is 6.21 Å². The van der Waals surface area contributed by atoms with E-state index in [0.717, 1.165) is 4.47 Å². The molecule has 27 heavy (non-hydrogen) atoms. The third kappa shape index (κ3) is 5.92. The second-order valence-corrected chi connectivity index (χ2v) is 7.66. The minimum atomic E-state index is -0.635. The molecule has 0 aliphatic heterocycles. The summed E-state index contributed by atoms with van der Waals surface area (Å²) in [6.07, 6.45) is 1.43. The van der Waals surface area contributed by atoms with Crippen LogP contribution in [0.3, 0.4) is 0 Å². The molecule has 1 amide bonds. The number of esters is 1. The molecule has 1 N–H and O–H groups in total. The van der Waals surface area contributed by atoms with Crippen molar-refractivity contribution in [2.75, 3.05) is 7.11 Å². The molecular weight excluding hydrogens is 412 g/mol. The van der Waals surface area contributed by atoms with Gasteiger partial charge in [-0.05, 0) is 63.2 Å². The Morgan fingerprint density at radius 1 is 1.11 bits per heavy atom. The van der Waals surface area contributed by atoms with Crippen LogP contribution < -0.4 is 14.9 Å². The van der Waals surface area contributed by atoms with E-state index in [2.05, 4.69) is 26.5 Å². The Morgan fingerprint density at radius 3 is 2.37 bits per heavy atom. The van der Waals surface area contributed by atoms with Crippen molar-refractivity contribution in [3.63, 3.8) is 0 Å². The zero-order valence-electron chi connectivity index (χ0n) is 15.6. The smallest absolute Gasteiger partial charge is 0.316 e. The van der Waals surface area contributed by atoms with Crippen molar-refractivity contribution in [1.29, 1.82) is 0 Å². The van der Waals surface area contributed by atoms with Crippen molar-refractivity contribution in [2.45, 2.75) is 20.8 Å². The Kier molecular flexibility index (Phi) is 6.74. The standard InChI is InChI=1S/C20H21BrN2O4/c1-20(2,3)19(25)27-17-10-7-15(21)11-14(17)12-22-23-18(24)13-5-8-16(26-4)9-6-13/h5-12H,1-4H3,(H,23,24)/b22-12+. The topological polar surface area (TPSA) is 77.0 Å². The SMILES string of the molecule is COc1ccc(C(=O)N/N=C/c2cc(Br)ccc2OC(=O)C(C)(C)C)cc1. The lowest BCUT2D eigenvalue weighted by Crippen LogP contribution is -2.26. The fraction of sp³-hybridized carbons (Fsp3) is 0.250. The number of hydrogen-bond donors (Lipinski definition) is 1. The number of halogens is 1. The van der Waals surface area contributed by atoms with Gasteiger partial charge in [0.15, 0.2) is 0 Å². The van der Waals surface area contributed by atoms with Crippen LogP contribution in [0.15, 0.2) is 52.0 Å². The van der Waals surface area contributed by atoms with Gasteiger partial charge in [-0.1, -0.05) is 15.9 Å². The van der Waals surface area contributed by atoms with E-state index >= 15 is 0 Å². The molecule has 7 heteroatoms. The van der Waals surface area contributed by atoms with Gasteiger partial charge in [-0.3, -0.25) is 9.59 Å². The molecule has 0 aliphatic rings. The van der Waals surface area contributed by atoms with Crippen LogP contribution >= 0.6 is 15.9 Å². The monoisotopic (exact) mass is 432 g/mol. The van der Waals surface area contributed by atoms with E-state index in [1.54, 1.807) is 70.3 Å². The van der Waals surface area contributed by atoms with E-state index in [4.69, 9.17) is 9.47 Å². The first-order chi connectivity index (χ1) is 12.7. The largest absolute Gasteiger partial charge is 0.497 e. The molecular formula is C20H21BrN2O4. The molecule has 0 saturated heterocycles. The summed E-state index contributed by atoms with van der Waals surface area (Å²) in [5.74, 6) is 0.300. The Morgan fingerprint density at radius 2 is 1.78 bits per heavy atom. The van der Waals surface area contributed by atoms with Crippen molar-refractivity contribution in [1.82, 2.24) is 5.43 Å². The molecule has 0 fully saturated rings. The van der Waals surface area contributed by atoms with E-state index in [9.17, 15) is 9.59 Å². The maximum atomic E-state index is 12.1. The molecule has 0 aromatic heterocycles. The summed E-state index contributed by atoms with van der Waals surface area (Å²) in [5.41, 5.74) is 2.81. The van der Waals surface area contributed by atoms with Gasteiger partial charge < -0.3 is 9.47 Å². The summed E-state index contributed by atoms with van der Waals surface area (Å²) < 4.78 is 11.3. The Labute approximate surface area is 166 Å². The average Bonchev–Trinajstić information content (AvgIpc) is 2.63. The molecule has 0 heterocycles. The maximum Gasteiger partial charge on any atom is 0.316 e. The molecule has 142 valence electrons. The molecule has 0 atom stereocenters. The van der Waals surface area contributed by atoms with Gasteiger partial charge in [0.05, 0.1) is 18.7 Å². The number of benzene rings is 2. The Balaban J connectivity index is 2.12. The summed E-state index contributed by atoms with van der Waals surface area (Å²) in [6, 6.07) is 11.8. The number of carbonyl (C=O) groups excluding carboxylic acids is 2. The molecule has 0 unspecified atom stereocenters. The fourth-order valence-corrected chi connectivity index (χ4v) is 2.31. The quantitative estimate of drug-likeness (QED) is 0.332. The van der Waals surface area contributed by atoms with Crippen LogP contribution in [0.4, 0.5) is 0 Å². The van der Waals surface area contributed by atoms with E-state index < -0.39 is 5.41 Å². The number of ether oxygens (including phenoxy) is 2. The summed E-state index contributed by atoms with van der Waals surface area (Å²) >= 11 is 3.37. The number of hydrogen-bond acceptors (Lipinski definition) is 5. The second-order valence-electron chi connectivity index (χ2n) is 6.75. The lowest BCUT2D eigenvalue weighted by atomic mass is 9.97. The summed E-state index contributed by atoms with van der Waals surface area (Å²) in [6.45, 7) is 5.32. The number of methoxy groups -OCH3 is 1. The van der Waals surface area contributed by atoms with Crippen LogP contribution in [0, 0.1) is 5.41 Å². The van der Waals surface area contributed by atoms with Gasteiger partial charge in [0, 0.05) is 15.6 Å². The summed E-state index contributed by atoms with van der Waals surface area (Å²) in [7, 11) is 1.56. The van der Waals surface area contributed by atoms with Crippen LogP contribution in [0.2, 0.25) is 0 Å².